The van der Waals surface area contributed by atoms with E-state index in [1.807, 2.05) is 43.6 Å². The van der Waals surface area contributed by atoms with Crippen molar-refractivity contribution in [3.8, 4) is 0 Å². The molecule has 2 aromatic carbocycles. The fourth-order valence-corrected chi connectivity index (χ4v) is 2.59. The van der Waals surface area contributed by atoms with Crippen LogP contribution in [0.25, 0.3) is 0 Å². The third-order valence-electron chi connectivity index (χ3n) is 3.61. The van der Waals surface area contributed by atoms with Gasteiger partial charge in [0.2, 0.25) is 0 Å². The van der Waals surface area contributed by atoms with Crippen molar-refractivity contribution in [3.05, 3.63) is 90.0 Å². The van der Waals surface area contributed by atoms with Crippen molar-refractivity contribution >= 4 is 0 Å². The van der Waals surface area contributed by atoms with E-state index in [1.54, 1.807) is 0 Å². The first-order chi connectivity index (χ1) is 10.9. The van der Waals surface area contributed by atoms with Crippen LogP contribution >= 0.6 is 0 Å². The van der Waals surface area contributed by atoms with E-state index in [0.29, 0.717) is 6.61 Å². The highest BCUT2D eigenvalue weighted by Crippen LogP contribution is 2.25. The van der Waals surface area contributed by atoms with E-state index < -0.39 is 0 Å². The molecule has 1 unspecified atom stereocenters. The minimum absolute atomic E-state index is 0.134. The molecule has 3 rings (SSSR count). The molecular weight excluding hydrogens is 272 g/mol. The second-order valence-corrected chi connectivity index (χ2v) is 5.15. The van der Waals surface area contributed by atoms with Gasteiger partial charge in [0.05, 0.1) is 0 Å². The highest BCUT2D eigenvalue weighted by molar-refractivity contribution is 5.24. The summed E-state index contributed by atoms with van der Waals surface area (Å²) in [5.41, 5.74) is 2.38. The summed E-state index contributed by atoms with van der Waals surface area (Å²) in [6.07, 6.45) is 3.72. The predicted molar refractivity (Wildman–Crippen MR) is 87.7 cm³/mol. The smallest absolute Gasteiger partial charge is 0.142 e. The molecule has 0 fully saturated rings. The fraction of sp³-hybridized carbons (Fsp3) is 0.211. The van der Waals surface area contributed by atoms with Crippen LogP contribution in [0.15, 0.2) is 73.1 Å². The molecule has 0 aliphatic heterocycles. The average Bonchev–Trinajstić information content (AvgIpc) is 3.02. The van der Waals surface area contributed by atoms with Crippen LogP contribution < -0.4 is 0 Å². The monoisotopic (exact) mass is 292 g/mol. The molecule has 0 aliphatic carbocycles. The number of aromatic nitrogens is 2. The first-order valence-corrected chi connectivity index (χ1v) is 7.60. The van der Waals surface area contributed by atoms with E-state index in [4.69, 9.17) is 4.74 Å². The van der Waals surface area contributed by atoms with E-state index in [1.165, 1.54) is 5.56 Å². The van der Waals surface area contributed by atoms with Crippen LogP contribution in [-0.2, 0) is 11.3 Å². The Kier molecular flexibility index (Phi) is 4.66. The summed E-state index contributed by atoms with van der Waals surface area (Å²) < 4.78 is 8.12. The van der Waals surface area contributed by atoms with Gasteiger partial charge in [0.25, 0.3) is 0 Å². The Bertz CT molecular complexity index is 692. The van der Waals surface area contributed by atoms with Gasteiger partial charge in [0, 0.05) is 25.5 Å². The Morgan fingerprint density at radius 1 is 1.00 bits per heavy atom. The second kappa shape index (κ2) is 7.05. The summed E-state index contributed by atoms with van der Waals surface area (Å²) in [4.78, 5) is 4.55. The number of benzene rings is 2. The van der Waals surface area contributed by atoms with Gasteiger partial charge in [-0.3, -0.25) is 0 Å². The molecule has 22 heavy (non-hydrogen) atoms. The van der Waals surface area contributed by atoms with Gasteiger partial charge in [-0.05, 0) is 18.1 Å². The maximum Gasteiger partial charge on any atom is 0.142 e. The molecule has 3 heteroatoms. The Hall–Kier alpha value is -2.39. The van der Waals surface area contributed by atoms with E-state index in [0.717, 1.165) is 17.9 Å². The lowest BCUT2D eigenvalue weighted by atomic mass is 10.1. The molecule has 0 radical (unpaired) electrons. The van der Waals surface area contributed by atoms with Gasteiger partial charge in [0.1, 0.15) is 11.9 Å². The van der Waals surface area contributed by atoms with Crippen molar-refractivity contribution in [1.29, 1.82) is 0 Å². The van der Waals surface area contributed by atoms with Gasteiger partial charge >= 0.3 is 0 Å². The topological polar surface area (TPSA) is 27.1 Å². The molecule has 0 N–H and O–H groups in total. The molecule has 0 saturated carbocycles. The first-order valence-electron chi connectivity index (χ1n) is 7.60. The minimum atomic E-state index is -0.134. The molecule has 3 nitrogen and oxygen atoms in total. The van der Waals surface area contributed by atoms with E-state index >= 15 is 0 Å². The van der Waals surface area contributed by atoms with Crippen molar-refractivity contribution in [2.75, 3.05) is 6.61 Å². The van der Waals surface area contributed by atoms with Crippen LogP contribution in [0.5, 0.6) is 0 Å². The number of nitrogens with zero attached hydrogens (tertiary/aromatic N) is 2. The molecule has 112 valence electrons. The molecule has 3 aromatic rings. The number of hydrogen-bond acceptors (Lipinski definition) is 2. The highest BCUT2D eigenvalue weighted by Gasteiger charge is 2.19. The number of imidazole rings is 1. The van der Waals surface area contributed by atoms with Crippen LogP contribution in [0.4, 0.5) is 0 Å². The van der Waals surface area contributed by atoms with Crippen molar-refractivity contribution in [3.63, 3.8) is 0 Å². The molecule has 1 atom stereocenters. The maximum atomic E-state index is 5.97. The molecule has 1 heterocycles. The largest absolute Gasteiger partial charge is 0.366 e. The summed E-state index contributed by atoms with van der Waals surface area (Å²) in [6.45, 7) is 3.46. The molecule has 0 bridgehead atoms. The van der Waals surface area contributed by atoms with Crippen molar-refractivity contribution in [1.82, 2.24) is 9.55 Å². The van der Waals surface area contributed by atoms with Gasteiger partial charge in [-0.2, -0.15) is 0 Å². The molecular formula is C19H20N2O. The summed E-state index contributed by atoms with van der Waals surface area (Å²) in [6, 6.07) is 20.7. The molecule has 0 saturated heterocycles. The SMILES string of the molecule is CCOC(c1ccccc1)c1nccn1Cc1ccccc1. The van der Waals surface area contributed by atoms with Gasteiger partial charge < -0.3 is 9.30 Å². The predicted octanol–water partition coefficient (Wildman–Crippen LogP) is 4.06. The summed E-state index contributed by atoms with van der Waals surface area (Å²) in [5, 5.41) is 0. The van der Waals surface area contributed by atoms with Crippen LogP contribution in [0.3, 0.4) is 0 Å². The normalized spacial score (nSPS) is 12.2. The molecule has 0 amide bonds. The average molecular weight is 292 g/mol. The number of hydrogen-bond donors (Lipinski definition) is 0. The van der Waals surface area contributed by atoms with Gasteiger partial charge in [-0.1, -0.05) is 60.7 Å². The summed E-state index contributed by atoms with van der Waals surface area (Å²) in [7, 11) is 0. The van der Waals surface area contributed by atoms with Gasteiger partial charge in [-0.25, -0.2) is 4.98 Å². The van der Waals surface area contributed by atoms with Crippen molar-refractivity contribution in [2.24, 2.45) is 0 Å². The standard InChI is InChI=1S/C19H20N2O/c1-2-22-18(17-11-7-4-8-12-17)19-20-13-14-21(19)15-16-9-5-3-6-10-16/h3-14,18H,2,15H2,1H3. The summed E-state index contributed by atoms with van der Waals surface area (Å²) >= 11 is 0. The van der Waals surface area contributed by atoms with Gasteiger partial charge in [-0.15, -0.1) is 0 Å². The zero-order valence-corrected chi connectivity index (χ0v) is 12.7. The zero-order valence-electron chi connectivity index (χ0n) is 12.7. The van der Waals surface area contributed by atoms with Crippen LogP contribution in [0.1, 0.15) is 30.0 Å². The van der Waals surface area contributed by atoms with E-state index in [2.05, 4.69) is 45.9 Å². The molecule has 1 aromatic heterocycles. The molecule has 0 spiro atoms. The van der Waals surface area contributed by atoms with Crippen molar-refractivity contribution in [2.45, 2.75) is 19.6 Å². The highest BCUT2D eigenvalue weighted by atomic mass is 16.5. The Labute approximate surface area is 131 Å². The van der Waals surface area contributed by atoms with E-state index in [-0.39, 0.29) is 6.10 Å². The number of rotatable bonds is 6. The minimum Gasteiger partial charge on any atom is -0.366 e. The third kappa shape index (κ3) is 3.26. The molecule has 0 aliphatic rings. The fourth-order valence-electron chi connectivity index (χ4n) is 2.59. The Balaban J connectivity index is 1.91. The lowest BCUT2D eigenvalue weighted by molar-refractivity contribution is 0.0828. The first kappa shape index (κ1) is 14.5. The third-order valence-corrected chi connectivity index (χ3v) is 3.61. The Morgan fingerprint density at radius 2 is 1.68 bits per heavy atom. The Morgan fingerprint density at radius 3 is 2.36 bits per heavy atom. The van der Waals surface area contributed by atoms with Crippen LogP contribution in [0, 0.1) is 0 Å². The van der Waals surface area contributed by atoms with Crippen LogP contribution in [0.2, 0.25) is 0 Å². The quantitative estimate of drug-likeness (QED) is 0.685. The van der Waals surface area contributed by atoms with Gasteiger partial charge in [0.15, 0.2) is 0 Å². The zero-order chi connectivity index (χ0) is 15.2. The van der Waals surface area contributed by atoms with Crippen molar-refractivity contribution < 1.29 is 4.74 Å². The summed E-state index contributed by atoms with van der Waals surface area (Å²) in [5.74, 6) is 0.942. The second-order valence-electron chi connectivity index (χ2n) is 5.15. The number of ether oxygens (including phenoxy) is 1. The van der Waals surface area contributed by atoms with Crippen LogP contribution in [-0.4, -0.2) is 16.2 Å². The lowest BCUT2D eigenvalue weighted by Crippen LogP contribution is -2.14. The maximum absolute atomic E-state index is 5.97. The van der Waals surface area contributed by atoms with E-state index in [9.17, 15) is 0 Å². The lowest BCUT2D eigenvalue weighted by Gasteiger charge is -2.19.